The fraction of sp³-hybridized carbons (Fsp3) is 0.385. The number of hydrogen-bond donors (Lipinski definition) is 3. The summed E-state index contributed by atoms with van der Waals surface area (Å²) in [6.07, 6.45) is 0. The van der Waals surface area contributed by atoms with E-state index in [1.807, 2.05) is 13.8 Å². The summed E-state index contributed by atoms with van der Waals surface area (Å²) in [5.41, 5.74) is 6.15. The Morgan fingerprint density at radius 2 is 1.94 bits per heavy atom. The molecule has 1 rings (SSSR count). The summed E-state index contributed by atoms with van der Waals surface area (Å²) in [6, 6.07) is 6.22. The average molecular weight is 250 g/mol. The van der Waals surface area contributed by atoms with Crippen LogP contribution in [0.15, 0.2) is 24.3 Å². The molecule has 0 fully saturated rings. The van der Waals surface area contributed by atoms with Crippen LogP contribution in [0.5, 0.6) is 0 Å². The Hall–Kier alpha value is -1.88. The van der Waals surface area contributed by atoms with E-state index >= 15 is 0 Å². The second-order valence-corrected chi connectivity index (χ2v) is 4.47. The number of carbonyl (C=O) groups is 2. The minimum atomic E-state index is -0.979. The SMILES string of the molecule is CC(C)C(NCc1ccccc1C(=O)O)C(N)=O. The number of carboxylic acid groups (broad SMARTS) is 1. The van der Waals surface area contributed by atoms with E-state index in [-0.39, 0.29) is 11.5 Å². The number of carbonyl (C=O) groups excluding carboxylic acids is 1. The molecule has 4 N–H and O–H groups in total. The van der Waals surface area contributed by atoms with Gasteiger partial charge in [-0.1, -0.05) is 32.0 Å². The smallest absolute Gasteiger partial charge is 0.336 e. The average Bonchev–Trinajstić information content (AvgIpc) is 2.28. The summed E-state index contributed by atoms with van der Waals surface area (Å²) in [7, 11) is 0. The number of amides is 1. The van der Waals surface area contributed by atoms with E-state index in [2.05, 4.69) is 5.32 Å². The molecule has 0 saturated carbocycles. The van der Waals surface area contributed by atoms with Crippen molar-refractivity contribution in [3.05, 3.63) is 35.4 Å². The molecule has 0 aliphatic rings. The zero-order valence-corrected chi connectivity index (χ0v) is 10.5. The van der Waals surface area contributed by atoms with Crippen LogP contribution in [0, 0.1) is 5.92 Å². The number of nitrogens with one attached hydrogen (secondary N) is 1. The van der Waals surface area contributed by atoms with Crippen molar-refractivity contribution in [1.82, 2.24) is 5.32 Å². The van der Waals surface area contributed by atoms with Crippen molar-refractivity contribution in [2.45, 2.75) is 26.4 Å². The second kappa shape index (κ2) is 6.16. The fourth-order valence-electron chi connectivity index (χ4n) is 1.77. The van der Waals surface area contributed by atoms with Crippen molar-refractivity contribution in [2.24, 2.45) is 11.7 Å². The van der Waals surface area contributed by atoms with Crippen molar-refractivity contribution >= 4 is 11.9 Å². The predicted octanol–water partition coefficient (Wildman–Crippen LogP) is 0.984. The lowest BCUT2D eigenvalue weighted by atomic mass is 10.0. The lowest BCUT2D eigenvalue weighted by Crippen LogP contribution is -2.44. The Balaban J connectivity index is 2.79. The molecular weight excluding hydrogens is 232 g/mol. The maximum absolute atomic E-state index is 11.2. The molecule has 18 heavy (non-hydrogen) atoms. The Bertz CT molecular complexity index is 444. The quantitative estimate of drug-likeness (QED) is 0.701. The molecule has 1 unspecified atom stereocenters. The van der Waals surface area contributed by atoms with Crippen molar-refractivity contribution in [3.8, 4) is 0 Å². The van der Waals surface area contributed by atoms with Crippen LogP contribution in [0.1, 0.15) is 29.8 Å². The molecule has 1 aromatic rings. The van der Waals surface area contributed by atoms with E-state index in [0.29, 0.717) is 12.1 Å². The zero-order valence-electron chi connectivity index (χ0n) is 10.5. The number of rotatable bonds is 6. The first-order valence-electron chi connectivity index (χ1n) is 5.77. The summed E-state index contributed by atoms with van der Waals surface area (Å²) in [5, 5.41) is 12.0. The van der Waals surface area contributed by atoms with Crippen molar-refractivity contribution in [2.75, 3.05) is 0 Å². The normalized spacial score (nSPS) is 12.4. The third-order valence-corrected chi connectivity index (χ3v) is 2.73. The van der Waals surface area contributed by atoms with Gasteiger partial charge in [0, 0.05) is 6.54 Å². The van der Waals surface area contributed by atoms with E-state index in [0.717, 1.165) is 0 Å². The maximum Gasteiger partial charge on any atom is 0.336 e. The first-order valence-corrected chi connectivity index (χ1v) is 5.77. The van der Waals surface area contributed by atoms with Gasteiger partial charge in [-0.3, -0.25) is 4.79 Å². The van der Waals surface area contributed by atoms with E-state index < -0.39 is 17.9 Å². The molecule has 0 spiro atoms. The molecular formula is C13H18N2O3. The molecule has 1 atom stereocenters. The minimum Gasteiger partial charge on any atom is -0.478 e. The second-order valence-electron chi connectivity index (χ2n) is 4.47. The summed E-state index contributed by atoms with van der Waals surface area (Å²) in [6.45, 7) is 4.06. The molecule has 5 nitrogen and oxygen atoms in total. The highest BCUT2D eigenvalue weighted by Crippen LogP contribution is 2.10. The van der Waals surface area contributed by atoms with Gasteiger partial charge in [0.15, 0.2) is 0 Å². The van der Waals surface area contributed by atoms with E-state index in [9.17, 15) is 9.59 Å². The maximum atomic E-state index is 11.2. The molecule has 5 heteroatoms. The molecule has 0 heterocycles. The van der Waals surface area contributed by atoms with E-state index in [1.54, 1.807) is 18.2 Å². The molecule has 0 aliphatic heterocycles. The molecule has 0 aromatic heterocycles. The largest absolute Gasteiger partial charge is 0.478 e. The Morgan fingerprint density at radius 3 is 2.44 bits per heavy atom. The van der Waals surface area contributed by atoms with Crippen molar-refractivity contribution < 1.29 is 14.7 Å². The first kappa shape index (κ1) is 14.2. The van der Waals surface area contributed by atoms with Gasteiger partial charge in [-0.15, -0.1) is 0 Å². The highest BCUT2D eigenvalue weighted by Gasteiger charge is 2.19. The summed E-state index contributed by atoms with van der Waals surface area (Å²) < 4.78 is 0. The lowest BCUT2D eigenvalue weighted by Gasteiger charge is -2.19. The van der Waals surface area contributed by atoms with Crippen LogP contribution >= 0.6 is 0 Å². The number of hydrogen-bond acceptors (Lipinski definition) is 3. The van der Waals surface area contributed by atoms with E-state index in [1.165, 1.54) is 6.07 Å². The number of primary amides is 1. The van der Waals surface area contributed by atoms with Crippen LogP contribution in [0.3, 0.4) is 0 Å². The van der Waals surface area contributed by atoms with Gasteiger partial charge in [-0.25, -0.2) is 4.79 Å². The summed E-state index contributed by atoms with van der Waals surface area (Å²) in [5.74, 6) is -1.36. The van der Waals surface area contributed by atoms with Gasteiger partial charge in [-0.2, -0.15) is 0 Å². The van der Waals surface area contributed by atoms with Crippen LogP contribution in [0.2, 0.25) is 0 Å². The van der Waals surface area contributed by atoms with Crippen LogP contribution in [0.25, 0.3) is 0 Å². The zero-order chi connectivity index (χ0) is 13.7. The van der Waals surface area contributed by atoms with Crippen molar-refractivity contribution in [1.29, 1.82) is 0 Å². The standard InChI is InChI=1S/C13H18N2O3/c1-8(2)11(12(14)16)15-7-9-5-3-4-6-10(9)13(17)18/h3-6,8,11,15H,7H2,1-2H3,(H2,14,16)(H,17,18). The number of aromatic carboxylic acids is 1. The third-order valence-electron chi connectivity index (χ3n) is 2.73. The number of nitrogens with two attached hydrogens (primary N) is 1. The van der Waals surface area contributed by atoms with E-state index in [4.69, 9.17) is 10.8 Å². The number of carboxylic acids is 1. The van der Waals surface area contributed by atoms with Gasteiger partial charge < -0.3 is 16.2 Å². The first-order chi connectivity index (χ1) is 8.43. The Labute approximate surface area is 106 Å². The monoisotopic (exact) mass is 250 g/mol. The fourth-order valence-corrected chi connectivity index (χ4v) is 1.77. The molecule has 1 amide bonds. The minimum absolute atomic E-state index is 0.0551. The Morgan fingerprint density at radius 1 is 1.33 bits per heavy atom. The van der Waals surface area contributed by atoms with Crippen LogP contribution in [-0.2, 0) is 11.3 Å². The molecule has 1 aromatic carbocycles. The highest BCUT2D eigenvalue weighted by molar-refractivity contribution is 5.89. The Kier molecular flexibility index (Phi) is 4.85. The van der Waals surface area contributed by atoms with Gasteiger partial charge in [0.1, 0.15) is 0 Å². The van der Waals surface area contributed by atoms with Gasteiger partial charge >= 0.3 is 5.97 Å². The molecule has 0 bridgehead atoms. The summed E-state index contributed by atoms with van der Waals surface area (Å²) in [4.78, 5) is 22.2. The topological polar surface area (TPSA) is 92.4 Å². The predicted molar refractivity (Wildman–Crippen MR) is 68.1 cm³/mol. The molecule has 0 radical (unpaired) electrons. The molecule has 0 aliphatic carbocycles. The summed E-state index contributed by atoms with van der Waals surface area (Å²) >= 11 is 0. The van der Waals surface area contributed by atoms with Gasteiger partial charge in [0.25, 0.3) is 0 Å². The molecule has 0 saturated heterocycles. The van der Waals surface area contributed by atoms with Gasteiger partial charge in [0.05, 0.1) is 11.6 Å². The van der Waals surface area contributed by atoms with Crippen LogP contribution < -0.4 is 11.1 Å². The molecule has 98 valence electrons. The van der Waals surface area contributed by atoms with Crippen LogP contribution in [-0.4, -0.2) is 23.0 Å². The third kappa shape index (κ3) is 3.56. The van der Waals surface area contributed by atoms with Gasteiger partial charge in [0.2, 0.25) is 5.91 Å². The number of benzene rings is 1. The van der Waals surface area contributed by atoms with Gasteiger partial charge in [-0.05, 0) is 17.5 Å². The van der Waals surface area contributed by atoms with Crippen molar-refractivity contribution in [3.63, 3.8) is 0 Å². The lowest BCUT2D eigenvalue weighted by molar-refractivity contribution is -0.121. The van der Waals surface area contributed by atoms with Crippen LogP contribution in [0.4, 0.5) is 0 Å². The highest BCUT2D eigenvalue weighted by atomic mass is 16.4.